The van der Waals surface area contributed by atoms with E-state index >= 15 is 0 Å². The van der Waals surface area contributed by atoms with E-state index in [0.717, 1.165) is 16.3 Å². The Balaban J connectivity index is 1.76. The Morgan fingerprint density at radius 3 is 2.74 bits per heavy atom. The van der Waals surface area contributed by atoms with Crippen molar-refractivity contribution >= 4 is 17.7 Å². The van der Waals surface area contributed by atoms with E-state index in [-0.39, 0.29) is 18.9 Å². The van der Waals surface area contributed by atoms with Crippen LogP contribution in [0, 0.1) is 0 Å². The number of benzene rings is 1. The Morgan fingerprint density at radius 2 is 2.16 bits per heavy atom. The van der Waals surface area contributed by atoms with Gasteiger partial charge in [0, 0.05) is 18.7 Å². The normalized spacial score (nSPS) is 14.2. The number of nitrogens with zero attached hydrogens (tertiary/aromatic N) is 1. The van der Waals surface area contributed by atoms with Crippen LogP contribution in [-0.4, -0.2) is 43.7 Å². The minimum Gasteiger partial charge on any atom is -0.497 e. The quantitative estimate of drug-likeness (QED) is 0.872. The Kier molecular flexibility index (Phi) is 4.22. The molecular weight excluding hydrogens is 248 g/mol. The van der Waals surface area contributed by atoms with E-state index in [1.165, 1.54) is 0 Å². The van der Waals surface area contributed by atoms with Crippen molar-refractivity contribution in [1.82, 2.24) is 4.90 Å². The average molecular weight is 264 g/mol. The first-order valence-corrected chi connectivity index (χ1v) is 6.06. The van der Waals surface area contributed by atoms with Gasteiger partial charge in [-0.2, -0.15) is 0 Å². The summed E-state index contributed by atoms with van der Waals surface area (Å²) in [5.74, 6) is 0.560. The van der Waals surface area contributed by atoms with E-state index in [1.807, 2.05) is 24.3 Å². The highest BCUT2D eigenvalue weighted by molar-refractivity contribution is 5.93. The van der Waals surface area contributed by atoms with Gasteiger partial charge >= 0.3 is 6.09 Å². The second-order valence-corrected chi connectivity index (χ2v) is 4.07. The van der Waals surface area contributed by atoms with Crippen LogP contribution in [0.4, 0.5) is 10.5 Å². The maximum absolute atomic E-state index is 11.7. The summed E-state index contributed by atoms with van der Waals surface area (Å²) >= 11 is 0. The lowest BCUT2D eigenvalue weighted by atomic mass is 10.3. The van der Waals surface area contributed by atoms with Crippen molar-refractivity contribution in [3.05, 3.63) is 24.3 Å². The molecule has 1 heterocycles. The third-order valence-electron chi connectivity index (χ3n) is 2.82. The molecule has 1 aromatic carbocycles. The van der Waals surface area contributed by atoms with E-state index in [4.69, 9.17) is 9.47 Å². The number of imide groups is 1. The predicted molar refractivity (Wildman–Crippen MR) is 69.2 cm³/mol. The Morgan fingerprint density at radius 1 is 1.42 bits per heavy atom. The summed E-state index contributed by atoms with van der Waals surface area (Å²) in [6.45, 7) is 1.10. The van der Waals surface area contributed by atoms with Crippen molar-refractivity contribution in [2.24, 2.45) is 0 Å². The van der Waals surface area contributed by atoms with Crippen LogP contribution in [0.5, 0.6) is 5.75 Å². The van der Waals surface area contributed by atoms with Crippen molar-refractivity contribution in [3.63, 3.8) is 0 Å². The smallest absolute Gasteiger partial charge is 0.416 e. The number of cyclic esters (lactones) is 1. The Bertz CT molecular complexity index is 458. The highest BCUT2D eigenvalue weighted by atomic mass is 16.6. The first kappa shape index (κ1) is 13.2. The van der Waals surface area contributed by atoms with Crippen LogP contribution >= 0.6 is 0 Å². The van der Waals surface area contributed by atoms with Crippen LogP contribution in [0.15, 0.2) is 24.3 Å². The number of anilines is 1. The summed E-state index contributed by atoms with van der Waals surface area (Å²) in [7, 11) is 1.61. The molecule has 1 saturated heterocycles. The summed E-state index contributed by atoms with van der Waals surface area (Å²) in [5.41, 5.74) is 0.901. The third kappa shape index (κ3) is 3.37. The molecule has 0 spiro atoms. The minimum absolute atomic E-state index is 0.219. The first-order chi connectivity index (χ1) is 9.20. The molecule has 1 fully saturated rings. The number of carbonyl (C=O) groups is 2. The molecule has 0 aromatic heterocycles. The third-order valence-corrected chi connectivity index (χ3v) is 2.82. The lowest BCUT2D eigenvalue weighted by molar-refractivity contribution is -0.127. The molecule has 0 saturated carbocycles. The van der Waals surface area contributed by atoms with Crippen LogP contribution in [0.3, 0.4) is 0 Å². The van der Waals surface area contributed by atoms with Crippen molar-refractivity contribution in [2.45, 2.75) is 6.42 Å². The number of hydrogen-bond acceptors (Lipinski definition) is 5. The van der Waals surface area contributed by atoms with Gasteiger partial charge in [0.1, 0.15) is 12.4 Å². The molecule has 1 aliphatic rings. The second kappa shape index (κ2) is 6.08. The number of ether oxygens (including phenoxy) is 2. The maximum atomic E-state index is 11.7. The van der Waals surface area contributed by atoms with E-state index in [2.05, 4.69) is 5.32 Å². The molecule has 6 heteroatoms. The number of rotatable bonds is 5. The monoisotopic (exact) mass is 264 g/mol. The highest BCUT2D eigenvalue weighted by Gasteiger charge is 2.27. The molecule has 0 radical (unpaired) electrons. The van der Waals surface area contributed by atoms with E-state index < -0.39 is 6.09 Å². The number of nitrogens with one attached hydrogen (secondary N) is 1. The van der Waals surface area contributed by atoms with Crippen LogP contribution in [0.1, 0.15) is 6.42 Å². The standard InChI is InChI=1S/C13H16N2O4/c1-18-11-4-2-10(3-5-11)14-7-6-12(16)15-8-9-19-13(15)17/h2-5,14H,6-9H2,1H3. The van der Waals surface area contributed by atoms with Crippen molar-refractivity contribution < 1.29 is 19.1 Å². The van der Waals surface area contributed by atoms with Gasteiger partial charge in [-0.15, -0.1) is 0 Å². The highest BCUT2D eigenvalue weighted by Crippen LogP contribution is 2.15. The van der Waals surface area contributed by atoms with Crippen LogP contribution < -0.4 is 10.1 Å². The lowest BCUT2D eigenvalue weighted by Gasteiger charge is -2.11. The number of carbonyl (C=O) groups excluding carboxylic acids is 2. The van der Waals surface area contributed by atoms with E-state index in [1.54, 1.807) is 7.11 Å². The van der Waals surface area contributed by atoms with Gasteiger partial charge in [-0.1, -0.05) is 0 Å². The average Bonchev–Trinajstić information content (AvgIpc) is 2.86. The van der Waals surface area contributed by atoms with Crippen molar-refractivity contribution in [3.8, 4) is 5.75 Å². The molecule has 2 rings (SSSR count). The Hall–Kier alpha value is -2.24. The minimum atomic E-state index is -0.547. The molecule has 0 bridgehead atoms. The summed E-state index contributed by atoms with van der Waals surface area (Å²) < 4.78 is 9.76. The van der Waals surface area contributed by atoms with Gasteiger partial charge in [0.05, 0.1) is 13.7 Å². The molecular formula is C13H16N2O4. The molecule has 2 amide bonds. The van der Waals surface area contributed by atoms with Crippen molar-refractivity contribution in [2.75, 3.05) is 32.1 Å². The molecule has 6 nitrogen and oxygen atoms in total. The van der Waals surface area contributed by atoms with E-state index in [9.17, 15) is 9.59 Å². The molecule has 0 unspecified atom stereocenters. The summed E-state index contributed by atoms with van der Waals surface area (Å²) in [6, 6.07) is 7.41. The zero-order chi connectivity index (χ0) is 13.7. The molecule has 1 N–H and O–H groups in total. The van der Waals surface area contributed by atoms with Gasteiger partial charge in [0.25, 0.3) is 0 Å². The summed E-state index contributed by atoms with van der Waals surface area (Å²) in [5, 5.41) is 3.11. The molecule has 1 aliphatic heterocycles. The van der Waals surface area contributed by atoms with Gasteiger partial charge in [0.2, 0.25) is 5.91 Å². The topological polar surface area (TPSA) is 67.9 Å². The fraction of sp³-hybridized carbons (Fsp3) is 0.385. The predicted octanol–water partition coefficient (Wildman–Crippen LogP) is 1.48. The Labute approximate surface area is 111 Å². The first-order valence-electron chi connectivity index (χ1n) is 6.06. The second-order valence-electron chi connectivity index (χ2n) is 4.07. The summed E-state index contributed by atoms with van der Waals surface area (Å²) in [6.07, 6.45) is -0.296. The largest absolute Gasteiger partial charge is 0.497 e. The number of amides is 2. The van der Waals surface area contributed by atoms with Crippen LogP contribution in [0.25, 0.3) is 0 Å². The van der Waals surface area contributed by atoms with Gasteiger partial charge in [-0.05, 0) is 24.3 Å². The summed E-state index contributed by atoms with van der Waals surface area (Å²) in [4.78, 5) is 24.0. The zero-order valence-electron chi connectivity index (χ0n) is 10.7. The molecule has 1 aromatic rings. The SMILES string of the molecule is COc1ccc(NCCC(=O)N2CCOC2=O)cc1. The van der Waals surface area contributed by atoms with Gasteiger partial charge in [0.15, 0.2) is 0 Å². The maximum Gasteiger partial charge on any atom is 0.416 e. The number of hydrogen-bond donors (Lipinski definition) is 1. The number of methoxy groups -OCH3 is 1. The molecule has 0 aliphatic carbocycles. The zero-order valence-corrected chi connectivity index (χ0v) is 10.7. The van der Waals surface area contributed by atoms with Crippen molar-refractivity contribution in [1.29, 1.82) is 0 Å². The van der Waals surface area contributed by atoms with Gasteiger partial charge in [-0.3, -0.25) is 4.79 Å². The van der Waals surface area contributed by atoms with Crippen LogP contribution in [-0.2, 0) is 9.53 Å². The molecule has 0 atom stereocenters. The molecule has 19 heavy (non-hydrogen) atoms. The molecule has 102 valence electrons. The fourth-order valence-electron chi connectivity index (χ4n) is 1.78. The fourth-order valence-corrected chi connectivity index (χ4v) is 1.78. The van der Waals surface area contributed by atoms with E-state index in [0.29, 0.717) is 13.1 Å². The lowest BCUT2D eigenvalue weighted by Crippen LogP contribution is -2.32. The van der Waals surface area contributed by atoms with Gasteiger partial charge in [-0.25, -0.2) is 9.69 Å². The van der Waals surface area contributed by atoms with Crippen LogP contribution in [0.2, 0.25) is 0 Å². The van der Waals surface area contributed by atoms with Gasteiger partial charge < -0.3 is 14.8 Å².